The second-order valence-corrected chi connectivity index (χ2v) is 4.83. The highest BCUT2D eigenvalue weighted by atomic mass is 15.0. The van der Waals surface area contributed by atoms with Gasteiger partial charge in [-0.25, -0.2) is 4.98 Å². The molecule has 1 aromatic heterocycles. The molecule has 1 atom stereocenters. The molecule has 3 N–H and O–H groups in total. The van der Waals surface area contributed by atoms with Gasteiger partial charge in [0.2, 0.25) is 0 Å². The van der Waals surface area contributed by atoms with Gasteiger partial charge in [-0.2, -0.15) is 0 Å². The fourth-order valence-electron chi connectivity index (χ4n) is 1.34. The van der Waals surface area contributed by atoms with Crippen molar-refractivity contribution in [2.45, 2.75) is 39.3 Å². The molecule has 4 heteroatoms. The lowest BCUT2D eigenvalue weighted by Gasteiger charge is -2.21. The van der Waals surface area contributed by atoms with Crippen molar-refractivity contribution in [1.29, 1.82) is 0 Å². The van der Waals surface area contributed by atoms with Crippen LogP contribution in [-0.4, -0.2) is 28.6 Å². The number of H-pyrrole nitrogens is 1. The Morgan fingerprint density at radius 2 is 2.13 bits per heavy atom. The molecule has 1 heterocycles. The first-order chi connectivity index (χ1) is 6.99. The Kier molecular flexibility index (Phi) is 4.29. The first kappa shape index (κ1) is 12.2. The molecule has 0 aliphatic carbocycles. The summed E-state index contributed by atoms with van der Waals surface area (Å²) in [7, 11) is 0. The predicted molar refractivity (Wildman–Crippen MR) is 62.8 cm³/mol. The van der Waals surface area contributed by atoms with Crippen LogP contribution < -0.4 is 10.6 Å². The zero-order valence-electron chi connectivity index (χ0n) is 10.1. The number of hydrogen-bond acceptors (Lipinski definition) is 3. The van der Waals surface area contributed by atoms with Gasteiger partial charge in [0, 0.05) is 31.0 Å². The van der Waals surface area contributed by atoms with Crippen LogP contribution in [0.1, 0.15) is 39.6 Å². The number of aromatic nitrogens is 2. The van der Waals surface area contributed by atoms with E-state index in [-0.39, 0.29) is 11.6 Å². The van der Waals surface area contributed by atoms with Crippen molar-refractivity contribution in [3.8, 4) is 0 Å². The lowest BCUT2D eigenvalue weighted by atomic mass is 10.1. The van der Waals surface area contributed by atoms with Crippen LogP contribution in [-0.2, 0) is 0 Å². The minimum Gasteiger partial charge on any atom is -0.347 e. The Bertz CT molecular complexity index is 261. The molecule has 15 heavy (non-hydrogen) atoms. The Morgan fingerprint density at radius 3 is 2.67 bits per heavy atom. The Balaban J connectivity index is 2.16. The standard InChI is InChI=1S/C11H22N4/c1-9(10-13-5-6-14-10)12-7-8-15-11(2,3)4/h5-6,9,12,15H,7-8H2,1-4H3,(H,13,14). The molecule has 1 rings (SSSR count). The van der Waals surface area contributed by atoms with E-state index in [4.69, 9.17) is 0 Å². The van der Waals surface area contributed by atoms with Crippen LogP contribution in [0.25, 0.3) is 0 Å². The molecule has 1 unspecified atom stereocenters. The van der Waals surface area contributed by atoms with Gasteiger partial charge in [0.1, 0.15) is 5.82 Å². The van der Waals surface area contributed by atoms with Crippen molar-refractivity contribution in [1.82, 2.24) is 20.6 Å². The molecular formula is C11H22N4. The van der Waals surface area contributed by atoms with Gasteiger partial charge < -0.3 is 15.6 Å². The second-order valence-electron chi connectivity index (χ2n) is 4.83. The Hall–Kier alpha value is -0.870. The van der Waals surface area contributed by atoms with Crippen molar-refractivity contribution < 1.29 is 0 Å². The smallest absolute Gasteiger partial charge is 0.122 e. The molecule has 0 radical (unpaired) electrons. The topological polar surface area (TPSA) is 52.7 Å². The maximum Gasteiger partial charge on any atom is 0.122 e. The number of rotatable bonds is 5. The zero-order valence-corrected chi connectivity index (χ0v) is 10.1. The maximum atomic E-state index is 4.21. The average molecular weight is 210 g/mol. The summed E-state index contributed by atoms with van der Waals surface area (Å²) in [4.78, 5) is 7.31. The van der Waals surface area contributed by atoms with Gasteiger partial charge in [0.25, 0.3) is 0 Å². The molecule has 0 saturated heterocycles. The number of nitrogens with one attached hydrogen (secondary N) is 3. The molecule has 0 bridgehead atoms. The highest BCUT2D eigenvalue weighted by Crippen LogP contribution is 2.04. The zero-order chi connectivity index (χ0) is 11.3. The van der Waals surface area contributed by atoms with E-state index in [2.05, 4.69) is 48.3 Å². The third kappa shape index (κ3) is 4.95. The Labute approximate surface area is 91.9 Å². The highest BCUT2D eigenvalue weighted by molar-refractivity contribution is 4.93. The molecule has 86 valence electrons. The van der Waals surface area contributed by atoms with E-state index in [1.54, 1.807) is 6.20 Å². The van der Waals surface area contributed by atoms with Crippen LogP contribution in [0.2, 0.25) is 0 Å². The van der Waals surface area contributed by atoms with Gasteiger partial charge >= 0.3 is 0 Å². The summed E-state index contributed by atoms with van der Waals surface area (Å²) in [5.74, 6) is 0.991. The molecule has 4 nitrogen and oxygen atoms in total. The maximum absolute atomic E-state index is 4.21. The van der Waals surface area contributed by atoms with Crippen LogP contribution in [0.4, 0.5) is 0 Å². The molecule has 0 saturated carbocycles. The van der Waals surface area contributed by atoms with E-state index in [9.17, 15) is 0 Å². The van der Waals surface area contributed by atoms with Gasteiger partial charge in [-0.05, 0) is 27.7 Å². The summed E-state index contributed by atoms with van der Waals surface area (Å²) in [6.07, 6.45) is 3.63. The van der Waals surface area contributed by atoms with Gasteiger partial charge in [-0.15, -0.1) is 0 Å². The molecule has 0 aliphatic heterocycles. The molecule has 0 fully saturated rings. The molecule has 0 aliphatic rings. The van der Waals surface area contributed by atoms with Gasteiger partial charge in [-0.1, -0.05) is 0 Å². The van der Waals surface area contributed by atoms with Gasteiger partial charge in [-0.3, -0.25) is 0 Å². The van der Waals surface area contributed by atoms with Crippen LogP contribution >= 0.6 is 0 Å². The summed E-state index contributed by atoms with van der Waals surface area (Å²) in [5, 5.41) is 6.83. The van der Waals surface area contributed by atoms with Gasteiger partial charge in [0.15, 0.2) is 0 Å². The van der Waals surface area contributed by atoms with Crippen molar-refractivity contribution >= 4 is 0 Å². The Morgan fingerprint density at radius 1 is 1.40 bits per heavy atom. The molecular weight excluding hydrogens is 188 g/mol. The van der Waals surface area contributed by atoms with Crippen LogP contribution in [0, 0.1) is 0 Å². The lowest BCUT2D eigenvalue weighted by Crippen LogP contribution is -2.40. The van der Waals surface area contributed by atoms with Crippen molar-refractivity contribution in [3.63, 3.8) is 0 Å². The van der Waals surface area contributed by atoms with E-state index < -0.39 is 0 Å². The first-order valence-corrected chi connectivity index (χ1v) is 5.47. The average Bonchev–Trinajstić information content (AvgIpc) is 2.63. The van der Waals surface area contributed by atoms with Crippen LogP contribution in [0.15, 0.2) is 12.4 Å². The lowest BCUT2D eigenvalue weighted by molar-refractivity contribution is 0.412. The number of aromatic amines is 1. The molecule has 1 aromatic rings. The number of imidazole rings is 1. The third-order valence-corrected chi connectivity index (χ3v) is 2.16. The monoisotopic (exact) mass is 210 g/mol. The minimum absolute atomic E-state index is 0.190. The van der Waals surface area contributed by atoms with Gasteiger partial charge in [0.05, 0.1) is 6.04 Å². The van der Waals surface area contributed by atoms with Crippen molar-refractivity contribution in [3.05, 3.63) is 18.2 Å². The van der Waals surface area contributed by atoms with E-state index in [0.29, 0.717) is 0 Å². The summed E-state index contributed by atoms with van der Waals surface area (Å²) < 4.78 is 0. The summed E-state index contributed by atoms with van der Waals surface area (Å²) in [5.41, 5.74) is 0.190. The predicted octanol–water partition coefficient (Wildman–Crippen LogP) is 1.45. The fourth-order valence-corrected chi connectivity index (χ4v) is 1.34. The molecule has 0 spiro atoms. The van der Waals surface area contributed by atoms with Crippen molar-refractivity contribution in [2.24, 2.45) is 0 Å². The fraction of sp³-hybridized carbons (Fsp3) is 0.727. The van der Waals surface area contributed by atoms with E-state index >= 15 is 0 Å². The van der Waals surface area contributed by atoms with Crippen molar-refractivity contribution in [2.75, 3.05) is 13.1 Å². The normalized spacial score (nSPS) is 14.1. The first-order valence-electron chi connectivity index (χ1n) is 5.47. The number of hydrogen-bond donors (Lipinski definition) is 3. The minimum atomic E-state index is 0.190. The SMILES string of the molecule is CC(NCCNC(C)(C)C)c1ncc[nH]1. The summed E-state index contributed by atoms with van der Waals surface area (Å²) in [6.45, 7) is 10.5. The molecule has 0 aromatic carbocycles. The quantitative estimate of drug-likeness (QED) is 0.645. The molecule has 0 amide bonds. The third-order valence-electron chi connectivity index (χ3n) is 2.16. The number of nitrogens with zero attached hydrogens (tertiary/aromatic N) is 1. The van der Waals surface area contributed by atoms with Crippen LogP contribution in [0.5, 0.6) is 0 Å². The summed E-state index contributed by atoms with van der Waals surface area (Å²) >= 11 is 0. The van der Waals surface area contributed by atoms with E-state index in [1.165, 1.54) is 0 Å². The highest BCUT2D eigenvalue weighted by Gasteiger charge is 2.09. The van der Waals surface area contributed by atoms with E-state index in [0.717, 1.165) is 18.9 Å². The van der Waals surface area contributed by atoms with E-state index in [1.807, 2.05) is 6.20 Å². The van der Waals surface area contributed by atoms with Crippen LogP contribution in [0.3, 0.4) is 0 Å². The summed E-state index contributed by atoms with van der Waals surface area (Å²) in [6, 6.07) is 0.279. The largest absolute Gasteiger partial charge is 0.347 e. The second kappa shape index (κ2) is 5.28.